The van der Waals surface area contributed by atoms with Gasteiger partial charge in [0.2, 0.25) is 0 Å². The SMILES string of the molecule is CCCCC/C=C/CCCCCCCCCCCO[C@H]1[C@@H]([C@@H](O)CO)OC[C@H]1O. The van der Waals surface area contributed by atoms with Gasteiger partial charge in [0.1, 0.15) is 24.4 Å². The third-order valence-electron chi connectivity index (χ3n) is 5.70. The molecular formula is C24H46O5. The molecule has 0 aromatic carbocycles. The smallest absolute Gasteiger partial charge is 0.114 e. The maximum Gasteiger partial charge on any atom is 0.114 e. The summed E-state index contributed by atoms with van der Waals surface area (Å²) in [5.74, 6) is 0. The number of hydrogen-bond donors (Lipinski definition) is 3. The van der Waals surface area contributed by atoms with Crippen LogP contribution in [-0.4, -0.2) is 59.6 Å². The molecule has 1 heterocycles. The van der Waals surface area contributed by atoms with E-state index in [2.05, 4.69) is 19.1 Å². The molecule has 5 nitrogen and oxygen atoms in total. The van der Waals surface area contributed by atoms with Crippen LogP contribution in [0, 0.1) is 0 Å². The molecule has 4 atom stereocenters. The molecule has 0 amide bonds. The van der Waals surface area contributed by atoms with Crippen molar-refractivity contribution in [1.82, 2.24) is 0 Å². The van der Waals surface area contributed by atoms with Crippen molar-refractivity contribution >= 4 is 0 Å². The zero-order chi connectivity index (χ0) is 21.2. The topological polar surface area (TPSA) is 79.2 Å². The highest BCUT2D eigenvalue weighted by Gasteiger charge is 2.40. The van der Waals surface area contributed by atoms with Gasteiger partial charge >= 0.3 is 0 Å². The van der Waals surface area contributed by atoms with E-state index in [0.29, 0.717) is 6.61 Å². The van der Waals surface area contributed by atoms with Crippen molar-refractivity contribution in [3.8, 4) is 0 Å². The normalized spacial score (nSPS) is 23.2. The lowest BCUT2D eigenvalue weighted by atomic mass is 10.1. The van der Waals surface area contributed by atoms with Crippen LogP contribution in [0.4, 0.5) is 0 Å². The third kappa shape index (κ3) is 12.7. The summed E-state index contributed by atoms with van der Waals surface area (Å²) in [5.41, 5.74) is 0. The van der Waals surface area contributed by atoms with Crippen molar-refractivity contribution in [2.75, 3.05) is 19.8 Å². The standard InChI is InChI=1S/C24H46O5/c1-2-3-4-5-6-7-8-9-10-11-12-13-14-15-16-17-18-28-24-22(27)20-29-23(24)21(26)19-25/h6-7,21-27H,2-5,8-20H2,1H3/b7-6+/t21-,22+,23+,24+/m0/s1. The minimum Gasteiger partial charge on any atom is -0.394 e. The molecule has 0 aromatic rings. The van der Waals surface area contributed by atoms with E-state index in [1.54, 1.807) is 0 Å². The van der Waals surface area contributed by atoms with Gasteiger partial charge in [0.15, 0.2) is 0 Å². The summed E-state index contributed by atoms with van der Waals surface area (Å²) in [6.07, 6.45) is 19.5. The van der Waals surface area contributed by atoms with E-state index in [-0.39, 0.29) is 13.2 Å². The molecule has 1 fully saturated rings. The van der Waals surface area contributed by atoms with Gasteiger partial charge in [-0.05, 0) is 32.1 Å². The fourth-order valence-electron chi connectivity index (χ4n) is 3.83. The number of allylic oxidation sites excluding steroid dienone is 2. The van der Waals surface area contributed by atoms with Gasteiger partial charge in [-0.2, -0.15) is 0 Å². The van der Waals surface area contributed by atoms with Gasteiger partial charge in [0, 0.05) is 6.61 Å². The molecular weight excluding hydrogens is 368 g/mol. The second-order valence-corrected chi connectivity index (χ2v) is 8.39. The fraction of sp³-hybridized carbons (Fsp3) is 0.917. The van der Waals surface area contributed by atoms with Crippen LogP contribution in [0.25, 0.3) is 0 Å². The Kier molecular flexibility index (Phi) is 16.8. The Morgan fingerprint density at radius 2 is 1.45 bits per heavy atom. The zero-order valence-electron chi connectivity index (χ0n) is 18.6. The largest absolute Gasteiger partial charge is 0.394 e. The number of ether oxygens (including phenoxy) is 2. The summed E-state index contributed by atoms with van der Waals surface area (Å²) in [7, 11) is 0. The van der Waals surface area contributed by atoms with Gasteiger partial charge < -0.3 is 24.8 Å². The van der Waals surface area contributed by atoms with Crippen LogP contribution in [0.15, 0.2) is 12.2 Å². The summed E-state index contributed by atoms with van der Waals surface area (Å²) in [6, 6.07) is 0. The lowest BCUT2D eigenvalue weighted by molar-refractivity contribution is -0.0938. The minimum atomic E-state index is -1.00. The number of rotatable bonds is 19. The molecule has 3 N–H and O–H groups in total. The van der Waals surface area contributed by atoms with E-state index in [4.69, 9.17) is 14.6 Å². The molecule has 0 aliphatic carbocycles. The Morgan fingerprint density at radius 1 is 0.897 bits per heavy atom. The first-order valence-corrected chi connectivity index (χ1v) is 12.1. The molecule has 0 unspecified atom stereocenters. The Bertz CT molecular complexity index is 387. The molecule has 1 saturated heterocycles. The van der Waals surface area contributed by atoms with Gasteiger partial charge in [-0.15, -0.1) is 0 Å². The highest BCUT2D eigenvalue weighted by atomic mass is 16.6. The van der Waals surface area contributed by atoms with Gasteiger partial charge in [-0.3, -0.25) is 0 Å². The molecule has 1 rings (SSSR count). The van der Waals surface area contributed by atoms with Crippen molar-refractivity contribution in [2.24, 2.45) is 0 Å². The third-order valence-corrected chi connectivity index (χ3v) is 5.70. The van der Waals surface area contributed by atoms with E-state index in [9.17, 15) is 10.2 Å². The monoisotopic (exact) mass is 414 g/mol. The predicted octanol–water partition coefficient (Wildman–Crippen LogP) is 4.52. The van der Waals surface area contributed by atoms with Crippen molar-refractivity contribution in [1.29, 1.82) is 0 Å². The summed E-state index contributed by atoms with van der Waals surface area (Å²) in [5, 5.41) is 28.7. The highest BCUT2D eigenvalue weighted by molar-refractivity contribution is 4.89. The quantitative estimate of drug-likeness (QED) is 0.214. The fourth-order valence-corrected chi connectivity index (χ4v) is 3.83. The van der Waals surface area contributed by atoms with Crippen LogP contribution in [-0.2, 0) is 9.47 Å². The first-order valence-electron chi connectivity index (χ1n) is 12.1. The van der Waals surface area contributed by atoms with E-state index >= 15 is 0 Å². The van der Waals surface area contributed by atoms with Gasteiger partial charge in [-0.25, -0.2) is 0 Å². The average Bonchev–Trinajstić information content (AvgIpc) is 3.10. The van der Waals surface area contributed by atoms with Gasteiger partial charge in [0.25, 0.3) is 0 Å². The molecule has 0 saturated carbocycles. The van der Waals surface area contributed by atoms with E-state index in [0.717, 1.165) is 12.8 Å². The number of hydrogen-bond acceptors (Lipinski definition) is 5. The lowest BCUT2D eigenvalue weighted by Crippen LogP contribution is -2.42. The summed E-state index contributed by atoms with van der Waals surface area (Å²) < 4.78 is 11.0. The van der Waals surface area contributed by atoms with E-state index < -0.39 is 24.4 Å². The molecule has 5 heteroatoms. The van der Waals surface area contributed by atoms with Crippen molar-refractivity contribution in [2.45, 2.75) is 121 Å². The molecule has 172 valence electrons. The highest BCUT2D eigenvalue weighted by Crippen LogP contribution is 2.21. The minimum absolute atomic E-state index is 0.154. The van der Waals surface area contributed by atoms with E-state index in [1.165, 1.54) is 77.0 Å². The van der Waals surface area contributed by atoms with Crippen LogP contribution < -0.4 is 0 Å². The van der Waals surface area contributed by atoms with Gasteiger partial charge in [0.05, 0.1) is 13.2 Å². The van der Waals surface area contributed by atoms with Gasteiger partial charge in [-0.1, -0.05) is 76.9 Å². The van der Waals surface area contributed by atoms with Crippen molar-refractivity contribution in [3.05, 3.63) is 12.2 Å². The molecule has 0 radical (unpaired) electrons. The predicted molar refractivity (Wildman–Crippen MR) is 118 cm³/mol. The Hall–Kier alpha value is -0.460. The van der Waals surface area contributed by atoms with Crippen molar-refractivity contribution in [3.63, 3.8) is 0 Å². The molecule has 1 aliphatic heterocycles. The van der Waals surface area contributed by atoms with Crippen LogP contribution in [0.3, 0.4) is 0 Å². The lowest BCUT2D eigenvalue weighted by Gasteiger charge is -2.23. The van der Waals surface area contributed by atoms with Crippen molar-refractivity contribution < 1.29 is 24.8 Å². The second-order valence-electron chi connectivity index (χ2n) is 8.39. The summed E-state index contributed by atoms with van der Waals surface area (Å²) in [6.45, 7) is 2.58. The Balaban J connectivity index is 1.85. The first-order chi connectivity index (χ1) is 14.2. The summed E-state index contributed by atoms with van der Waals surface area (Å²) in [4.78, 5) is 0. The number of unbranched alkanes of at least 4 members (excludes halogenated alkanes) is 12. The molecule has 0 bridgehead atoms. The molecule has 0 aromatic heterocycles. The van der Waals surface area contributed by atoms with Crippen LogP contribution in [0.1, 0.15) is 96.8 Å². The molecule has 0 spiro atoms. The van der Waals surface area contributed by atoms with E-state index in [1.807, 2.05) is 0 Å². The van der Waals surface area contributed by atoms with Crippen LogP contribution in [0.2, 0.25) is 0 Å². The van der Waals surface area contributed by atoms with Crippen LogP contribution in [0.5, 0.6) is 0 Å². The number of aliphatic hydroxyl groups excluding tert-OH is 3. The summed E-state index contributed by atoms with van der Waals surface area (Å²) >= 11 is 0. The average molecular weight is 415 g/mol. The Morgan fingerprint density at radius 3 is 2.03 bits per heavy atom. The van der Waals surface area contributed by atoms with Crippen LogP contribution >= 0.6 is 0 Å². The number of aliphatic hydroxyl groups is 3. The zero-order valence-corrected chi connectivity index (χ0v) is 18.6. The maximum atomic E-state index is 9.89. The maximum absolute atomic E-state index is 9.89. The first kappa shape index (κ1) is 26.6. The molecule has 1 aliphatic rings. The Labute approximate surface area is 178 Å². The molecule has 29 heavy (non-hydrogen) atoms. The second kappa shape index (κ2) is 18.3.